The second-order valence-electron chi connectivity index (χ2n) is 8.44. The number of amides is 2. The Morgan fingerprint density at radius 1 is 0.972 bits per heavy atom. The Bertz CT molecular complexity index is 1230. The third-order valence-corrected chi connectivity index (χ3v) is 5.84. The van der Waals surface area contributed by atoms with Crippen LogP contribution in [-0.2, 0) is 12.7 Å². The van der Waals surface area contributed by atoms with Gasteiger partial charge < -0.3 is 10.6 Å². The van der Waals surface area contributed by atoms with Crippen molar-refractivity contribution in [1.82, 2.24) is 20.2 Å². The molecule has 1 aliphatic heterocycles. The van der Waals surface area contributed by atoms with Crippen LogP contribution in [-0.4, -0.2) is 45.8 Å². The Hall–Kier alpha value is -3.86. The van der Waals surface area contributed by atoms with E-state index in [0.717, 1.165) is 23.8 Å². The first-order chi connectivity index (χ1) is 17.2. The van der Waals surface area contributed by atoms with Gasteiger partial charge in [0.05, 0.1) is 5.56 Å². The molecular formula is C25H23F4N5O2. The SMILES string of the molecule is O=C(Nc1nccnc1C(=O)NC1CCN(Cc2ccc(C(F)(F)F)cc2)CC1)c1cccc(F)c1. The molecule has 4 rings (SSSR count). The molecule has 0 aliphatic carbocycles. The van der Waals surface area contributed by atoms with Crippen molar-refractivity contribution in [2.24, 2.45) is 0 Å². The lowest BCUT2D eigenvalue weighted by molar-refractivity contribution is -0.137. The lowest BCUT2D eigenvalue weighted by Gasteiger charge is -2.32. The average molecular weight is 501 g/mol. The first kappa shape index (κ1) is 25.2. The molecule has 1 fully saturated rings. The normalized spacial score (nSPS) is 14.9. The number of benzene rings is 2. The lowest BCUT2D eigenvalue weighted by Crippen LogP contribution is -2.44. The van der Waals surface area contributed by atoms with Crippen LogP contribution in [0.5, 0.6) is 0 Å². The molecule has 0 radical (unpaired) electrons. The summed E-state index contributed by atoms with van der Waals surface area (Å²) in [6, 6.07) is 10.1. The Balaban J connectivity index is 1.31. The molecule has 1 aromatic heterocycles. The minimum absolute atomic E-state index is 0.0380. The number of halogens is 4. The van der Waals surface area contributed by atoms with Gasteiger partial charge >= 0.3 is 6.18 Å². The van der Waals surface area contributed by atoms with E-state index < -0.39 is 29.4 Å². The van der Waals surface area contributed by atoms with E-state index in [4.69, 9.17) is 0 Å². The molecule has 0 bridgehead atoms. The number of nitrogens with one attached hydrogen (secondary N) is 2. The molecule has 2 heterocycles. The molecule has 36 heavy (non-hydrogen) atoms. The monoisotopic (exact) mass is 501 g/mol. The summed E-state index contributed by atoms with van der Waals surface area (Å²) in [4.78, 5) is 35.5. The lowest BCUT2D eigenvalue weighted by atomic mass is 10.0. The highest BCUT2D eigenvalue weighted by Gasteiger charge is 2.30. The first-order valence-electron chi connectivity index (χ1n) is 11.3. The first-order valence-corrected chi connectivity index (χ1v) is 11.3. The molecule has 0 saturated carbocycles. The third kappa shape index (κ3) is 6.42. The zero-order valence-corrected chi connectivity index (χ0v) is 19.1. The number of rotatable bonds is 6. The zero-order chi connectivity index (χ0) is 25.7. The molecular weight excluding hydrogens is 478 g/mol. The molecule has 7 nitrogen and oxygen atoms in total. The van der Waals surface area contributed by atoms with Gasteiger partial charge in [-0.3, -0.25) is 14.5 Å². The fourth-order valence-electron chi connectivity index (χ4n) is 3.95. The second-order valence-corrected chi connectivity index (χ2v) is 8.44. The fourth-order valence-corrected chi connectivity index (χ4v) is 3.95. The molecule has 2 aromatic carbocycles. The molecule has 0 unspecified atom stereocenters. The maximum Gasteiger partial charge on any atom is 0.416 e. The number of anilines is 1. The van der Waals surface area contributed by atoms with Crippen LogP contribution in [0.1, 0.15) is 44.8 Å². The van der Waals surface area contributed by atoms with Crippen molar-refractivity contribution < 1.29 is 27.2 Å². The number of aromatic nitrogens is 2. The number of piperidine rings is 1. The van der Waals surface area contributed by atoms with Gasteiger partial charge in [-0.15, -0.1) is 0 Å². The van der Waals surface area contributed by atoms with E-state index in [1.807, 2.05) is 0 Å². The Morgan fingerprint density at radius 2 is 1.67 bits per heavy atom. The van der Waals surface area contributed by atoms with Gasteiger partial charge in [0.15, 0.2) is 11.5 Å². The molecule has 1 aliphatic rings. The topological polar surface area (TPSA) is 87.2 Å². The third-order valence-electron chi connectivity index (χ3n) is 5.84. The highest BCUT2D eigenvalue weighted by Crippen LogP contribution is 2.29. The van der Waals surface area contributed by atoms with Crippen LogP contribution in [0.2, 0.25) is 0 Å². The van der Waals surface area contributed by atoms with E-state index in [1.165, 1.54) is 42.7 Å². The van der Waals surface area contributed by atoms with Crippen LogP contribution in [0.15, 0.2) is 60.9 Å². The summed E-state index contributed by atoms with van der Waals surface area (Å²) in [5.74, 6) is -1.73. The van der Waals surface area contributed by atoms with Gasteiger partial charge in [0.1, 0.15) is 5.82 Å². The van der Waals surface area contributed by atoms with Crippen molar-refractivity contribution >= 4 is 17.6 Å². The van der Waals surface area contributed by atoms with Gasteiger partial charge in [0.25, 0.3) is 11.8 Å². The van der Waals surface area contributed by atoms with E-state index in [-0.39, 0.29) is 23.1 Å². The molecule has 3 aromatic rings. The molecule has 0 spiro atoms. The predicted octanol–water partition coefficient (Wildman–Crippen LogP) is 4.28. The van der Waals surface area contributed by atoms with Crippen molar-refractivity contribution in [3.05, 3.63) is 89.1 Å². The molecule has 0 atom stereocenters. The number of hydrogen-bond donors (Lipinski definition) is 2. The van der Waals surface area contributed by atoms with Crippen molar-refractivity contribution in [2.75, 3.05) is 18.4 Å². The van der Waals surface area contributed by atoms with E-state index >= 15 is 0 Å². The number of alkyl halides is 3. The summed E-state index contributed by atoms with van der Waals surface area (Å²) >= 11 is 0. The number of carbonyl (C=O) groups is 2. The largest absolute Gasteiger partial charge is 0.416 e. The van der Waals surface area contributed by atoms with Crippen LogP contribution in [0, 0.1) is 5.82 Å². The smallest absolute Gasteiger partial charge is 0.348 e. The van der Waals surface area contributed by atoms with Crippen molar-refractivity contribution in [3.8, 4) is 0 Å². The standard InChI is InChI=1S/C25H23F4N5O2/c26-19-3-1-2-17(14-19)23(35)33-22-21(30-10-11-31-22)24(36)32-20-8-12-34(13-9-20)15-16-4-6-18(7-5-16)25(27,28)29/h1-7,10-11,14,20H,8-9,12-13,15H2,(H,32,36)(H,31,33,35). The van der Waals surface area contributed by atoms with E-state index in [1.54, 1.807) is 0 Å². The van der Waals surface area contributed by atoms with Crippen LogP contribution < -0.4 is 10.6 Å². The minimum atomic E-state index is -4.36. The molecule has 188 valence electrons. The summed E-state index contributed by atoms with van der Waals surface area (Å²) in [5, 5.41) is 5.40. The fraction of sp³-hybridized carbons (Fsp3) is 0.280. The van der Waals surface area contributed by atoms with Crippen LogP contribution in [0.25, 0.3) is 0 Å². The average Bonchev–Trinajstić information content (AvgIpc) is 2.85. The zero-order valence-electron chi connectivity index (χ0n) is 19.1. The van der Waals surface area contributed by atoms with Gasteiger partial charge in [-0.05, 0) is 48.7 Å². The van der Waals surface area contributed by atoms with Crippen LogP contribution in [0.4, 0.5) is 23.4 Å². The summed E-state index contributed by atoms with van der Waals surface area (Å²) in [5.41, 5.74) is 0.119. The van der Waals surface area contributed by atoms with Crippen molar-refractivity contribution in [2.45, 2.75) is 31.6 Å². The second kappa shape index (κ2) is 10.8. The number of likely N-dealkylation sites (tertiary alicyclic amines) is 1. The summed E-state index contributed by atoms with van der Waals surface area (Å²) < 4.78 is 51.6. The molecule has 2 amide bonds. The summed E-state index contributed by atoms with van der Waals surface area (Å²) in [6.07, 6.45) is -0.424. The minimum Gasteiger partial charge on any atom is -0.348 e. The van der Waals surface area contributed by atoms with Crippen LogP contribution in [0.3, 0.4) is 0 Å². The van der Waals surface area contributed by atoms with Crippen LogP contribution >= 0.6 is 0 Å². The maximum absolute atomic E-state index is 13.4. The number of hydrogen-bond acceptors (Lipinski definition) is 5. The number of nitrogens with zero attached hydrogens (tertiary/aromatic N) is 3. The van der Waals surface area contributed by atoms with Crippen molar-refractivity contribution in [1.29, 1.82) is 0 Å². The maximum atomic E-state index is 13.4. The highest BCUT2D eigenvalue weighted by molar-refractivity contribution is 6.07. The van der Waals surface area contributed by atoms with Gasteiger partial charge in [0.2, 0.25) is 0 Å². The van der Waals surface area contributed by atoms with Gasteiger partial charge in [-0.1, -0.05) is 18.2 Å². The van der Waals surface area contributed by atoms with Gasteiger partial charge in [-0.2, -0.15) is 13.2 Å². The Labute approximate surface area is 204 Å². The number of carbonyl (C=O) groups excluding carboxylic acids is 2. The summed E-state index contributed by atoms with van der Waals surface area (Å²) in [7, 11) is 0. The Morgan fingerprint density at radius 3 is 2.33 bits per heavy atom. The van der Waals surface area contributed by atoms with Gasteiger partial charge in [0, 0.05) is 43.6 Å². The predicted molar refractivity (Wildman–Crippen MR) is 124 cm³/mol. The van der Waals surface area contributed by atoms with E-state index in [2.05, 4.69) is 25.5 Å². The molecule has 2 N–H and O–H groups in total. The quantitative estimate of drug-likeness (QED) is 0.493. The highest BCUT2D eigenvalue weighted by atomic mass is 19.4. The van der Waals surface area contributed by atoms with E-state index in [9.17, 15) is 27.2 Å². The molecule has 1 saturated heterocycles. The Kier molecular flexibility index (Phi) is 7.58. The molecule has 11 heteroatoms. The van der Waals surface area contributed by atoms with E-state index in [0.29, 0.717) is 32.5 Å². The van der Waals surface area contributed by atoms with Crippen molar-refractivity contribution in [3.63, 3.8) is 0 Å². The van der Waals surface area contributed by atoms with Gasteiger partial charge in [-0.25, -0.2) is 14.4 Å². The summed E-state index contributed by atoms with van der Waals surface area (Å²) in [6.45, 7) is 1.81.